The van der Waals surface area contributed by atoms with Gasteiger partial charge in [0.1, 0.15) is 28.6 Å². The molecule has 2 heterocycles. The number of fused-ring (bicyclic) bond motifs is 1. The van der Waals surface area contributed by atoms with Gasteiger partial charge in [0.15, 0.2) is 5.75 Å². The van der Waals surface area contributed by atoms with Gasteiger partial charge in [0, 0.05) is 34.9 Å². The van der Waals surface area contributed by atoms with E-state index in [9.17, 15) is 28.2 Å². The van der Waals surface area contributed by atoms with Crippen molar-refractivity contribution in [3.05, 3.63) is 47.9 Å². The maximum Gasteiger partial charge on any atom is 0.573 e. The molecule has 214 valence electrons. The number of benzene rings is 1. The first-order valence-electron chi connectivity index (χ1n) is 12.7. The van der Waals surface area contributed by atoms with E-state index in [1.54, 1.807) is 24.3 Å². The van der Waals surface area contributed by atoms with Crippen LogP contribution in [0.3, 0.4) is 0 Å². The highest BCUT2D eigenvalue weighted by Gasteiger charge is 2.33. The molecule has 39 heavy (non-hydrogen) atoms. The van der Waals surface area contributed by atoms with Gasteiger partial charge in [-0.1, -0.05) is 26.3 Å². The van der Waals surface area contributed by atoms with Gasteiger partial charge in [-0.25, -0.2) is 4.79 Å². The van der Waals surface area contributed by atoms with Gasteiger partial charge >= 0.3 is 12.3 Å². The lowest BCUT2D eigenvalue weighted by molar-refractivity contribution is -0.274. The molecule has 0 spiro atoms. The number of unbranched alkanes of at least 4 members (excludes halogenated alkanes) is 2. The number of furan rings is 1. The summed E-state index contributed by atoms with van der Waals surface area (Å²) in [7, 11) is 0. The second-order valence-corrected chi connectivity index (χ2v) is 10.3. The predicted octanol–water partition coefficient (Wildman–Crippen LogP) is 6.65. The fourth-order valence-corrected chi connectivity index (χ4v) is 4.95. The maximum absolute atomic E-state index is 13.0. The Morgan fingerprint density at radius 1 is 1.18 bits per heavy atom. The Labute approximate surface area is 228 Å². The van der Waals surface area contributed by atoms with Crippen LogP contribution in [0.15, 0.2) is 47.4 Å². The molecule has 0 saturated heterocycles. The average Bonchev–Trinajstić information content (AvgIpc) is 3.49. The van der Waals surface area contributed by atoms with Crippen molar-refractivity contribution in [2.75, 3.05) is 19.8 Å². The minimum absolute atomic E-state index is 0.0205. The van der Waals surface area contributed by atoms with Crippen LogP contribution < -0.4 is 9.47 Å². The lowest BCUT2D eigenvalue weighted by atomic mass is 10.0. The number of rotatable bonds is 16. The number of halogens is 3. The monoisotopic (exact) mass is 570 g/mol. The summed E-state index contributed by atoms with van der Waals surface area (Å²) >= 11 is 1.22. The highest BCUT2D eigenvalue weighted by atomic mass is 32.1. The van der Waals surface area contributed by atoms with Crippen LogP contribution in [0.4, 0.5) is 13.2 Å². The summed E-state index contributed by atoms with van der Waals surface area (Å²) in [6.07, 6.45) is -0.375. The van der Waals surface area contributed by atoms with Gasteiger partial charge in [-0.05, 0) is 49.9 Å². The molecule has 0 fully saturated rings. The van der Waals surface area contributed by atoms with Crippen LogP contribution in [0, 0.1) is 5.92 Å². The Hall–Kier alpha value is -3.02. The first-order valence-corrected chi connectivity index (χ1v) is 13.6. The van der Waals surface area contributed by atoms with Gasteiger partial charge in [0.25, 0.3) is 0 Å². The molecule has 0 aliphatic rings. The van der Waals surface area contributed by atoms with Crippen LogP contribution in [0.25, 0.3) is 21.6 Å². The Kier molecular flexibility index (Phi) is 11.3. The summed E-state index contributed by atoms with van der Waals surface area (Å²) in [5, 5.41) is 20.4. The van der Waals surface area contributed by atoms with Crippen LogP contribution in [0.2, 0.25) is 0 Å². The van der Waals surface area contributed by atoms with Gasteiger partial charge < -0.3 is 28.8 Å². The Morgan fingerprint density at radius 2 is 1.97 bits per heavy atom. The molecular weight excluding hydrogens is 537 g/mol. The number of alkyl halides is 3. The maximum atomic E-state index is 13.0. The molecule has 0 bridgehead atoms. The van der Waals surface area contributed by atoms with E-state index in [-0.39, 0.29) is 42.1 Å². The number of aliphatic hydroxyl groups excluding tert-OH is 2. The summed E-state index contributed by atoms with van der Waals surface area (Å²) in [6, 6.07) is 8.10. The molecule has 11 heteroatoms. The molecule has 0 saturated carbocycles. The predicted molar refractivity (Wildman–Crippen MR) is 142 cm³/mol. The number of hydrogen-bond acceptors (Lipinski definition) is 8. The number of aryl methyl sites for hydroxylation is 1. The fourth-order valence-electron chi connectivity index (χ4n) is 3.87. The van der Waals surface area contributed by atoms with Crippen molar-refractivity contribution < 1.29 is 46.8 Å². The Bertz CT molecular complexity index is 1220. The summed E-state index contributed by atoms with van der Waals surface area (Å²) in [6.45, 7) is 5.16. The van der Waals surface area contributed by atoms with Crippen LogP contribution in [0.1, 0.15) is 43.9 Å². The van der Waals surface area contributed by atoms with E-state index in [1.807, 2.05) is 0 Å². The smallest absolute Gasteiger partial charge is 0.491 e. The van der Waals surface area contributed by atoms with E-state index >= 15 is 0 Å². The topological polar surface area (TPSA) is 98.4 Å². The largest absolute Gasteiger partial charge is 0.573 e. The number of hydrogen-bond donors (Lipinski definition) is 2. The number of aliphatic hydroxyl groups is 2. The second kappa shape index (κ2) is 14.4. The van der Waals surface area contributed by atoms with Crippen molar-refractivity contribution in [1.82, 2.24) is 0 Å². The molecule has 0 radical (unpaired) electrons. The number of thiophene rings is 1. The first kappa shape index (κ1) is 30.5. The molecule has 0 amide bonds. The van der Waals surface area contributed by atoms with Crippen molar-refractivity contribution >= 4 is 28.3 Å². The summed E-state index contributed by atoms with van der Waals surface area (Å²) in [5.41, 5.74) is 0.417. The third-order valence-corrected chi connectivity index (χ3v) is 7.14. The van der Waals surface area contributed by atoms with E-state index in [1.165, 1.54) is 17.4 Å². The minimum atomic E-state index is -4.82. The van der Waals surface area contributed by atoms with Crippen molar-refractivity contribution in [1.29, 1.82) is 0 Å². The molecule has 7 nitrogen and oxygen atoms in total. The number of ether oxygens (including phenoxy) is 3. The molecule has 3 rings (SSSR count). The van der Waals surface area contributed by atoms with E-state index in [0.29, 0.717) is 36.0 Å². The summed E-state index contributed by atoms with van der Waals surface area (Å²) in [4.78, 5) is 12.2. The molecule has 0 aliphatic heterocycles. The van der Waals surface area contributed by atoms with Crippen LogP contribution in [0.5, 0.6) is 11.5 Å². The number of esters is 1. The molecule has 2 aromatic heterocycles. The van der Waals surface area contributed by atoms with E-state index in [2.05, 4.69) is 18.2 Å². The first-order chi connectivity index (χ1) is 18.6. The normalized spacial score (nSPS) is 13.3. The lowest BCUT2D eigenvalue weighted by Gasteiger charge is -2.17. The number of carbonyl (C=O) groups is 1. The van der Waals surface area contributed by atoms with Gasteiger partial charge in [-0.3, -0.25) is 0 Å². The standard InChI is InChI=1S/C28H33F3O7S/c1-3-5-6-7-22-14-25(38-28(29,30)31)27(39-22)24-12-19-9-11-21(13-23(19)37-24)35-17-20(33)10-8-18(15-32)16-36-26(34)4-2/h4,9,11-14,18,20,32-33H,2-3,5-8,10,15-17H2,1H3. The highest BCUT2D eigenvalue weighted by Crippen LogP contribution is 2.43. The third-order valence-electron chi connectivity index (χ3n) is 5.95. The lowest BCUT2D eigenvalue weighted by Crippen LogP contribution is -2.22. The SMILES string of the molecule is C=CC(=O)OCC(CO)CCC(O)COc1ccc2cc(-c3sc(CCCCC)cc3OC(F)(F)F)oc2c1. The van der Waals surface area contributed by atoms with Crippen molar-refractivity contribution in [3.63, 3.8) is 0 Å². The van der Waals surface area contributed by atoms with Crippen molar-refractivity contribution in [3.8, 4) is 22.1 Å². The fraction of sp³-hybridized carbons (Fsp3) is 0.464. The summed E-state index contributed by atoms with van der Waals surface area (Å²) in [5.74, 6) is -0.501. The third kappa shape index (κ3) is 9.59. The van der Waals surface area contributed by atoms with Crippen molar-refractivity contribution in [2.45, 2.75) is 57.9 Å². The Morgan fingerprint density at radius 3 is 2.67 bits per heavy atom. The molecule has 1 aromatic carbocycles. The summed E-state index contributed by atoms with van der Waals surface area (Å²) < 4.78 is 59.9. The van der Waals surface area contributed by atoms with Crippen LogP contribution in [-0.2, 0) is 16.0 Å². The van der Waals surface area contributed by atoms with Gasteiger partial charge in [0.05, 0.1) is 12.7 Å². The van der Waals surface area contributed by atoms with Crippen molar-refractivity contribution in [2.24, 2.45) is 5.92 Å². The molecule has 2 unspecified atom stereocenters. The zero-order valence-corrected chi connectivity index (χ0v) is 22.5. The molecule has 2 N–H and O–H groups in total. The minimum Gasteiger partial charge on any atom is -0.491 e. The molecule has 3 aromatic rings. The van der Waals surface area contributed by atoms with Crippen LogP contribution >= 0.6 is 11.3 Å². The zero-order chi connectivity index (χ0) is 28.4. The van der Waals surface area contributed by atoms with Crippen LogP contribution in [-0.4, -0.2) is 48.5 Å². The number of carbonyl (C=O) groups excluding carboxylic acids is 1. The van der Waals surface area contributed by atoms with E-state index < -0.39 is 18.4 Å². The Balaban J connectivity index is 1.65. The second-order valence-electron chi connectivity index (χ2n) is 9.15. The van der Waals surface area contributed by atoms with Gasteiger partial charge in [0.2, 0.25) is 0 Å². The van der Waals surface area contributed by atoms with E-state index in [0.717, 1.165) is 30.2 Å². The highest BCUT2D eigenvalue weighted by molar-refractivity contribution is 7.15. The zero-order valence-electron chi connectivity index (χ0n) is 21.7. The van der Waals surface area contributed by atoms with Gasteiger partial charge in [-0.2, -0.15) is 0 Å². The molecule has 0 aliphatic carbocycles. The average molecular weight is 571 g/mol. The van der Waals surface area contributed by atoms with Gasteiger partial charge in [-0.15, -0.1) is 24.5 Å². The van der Waals surface area contributed by atoms with E-state index in [4.69, 9.17) is 13.9 Å². The molecule has 2 atom stereocenters. The molecular formula is C28H33F3O7S. The quantitative estimate of drug-likeness (QED) is 0.113.